The number of hydrogen-bond donors (Lipinski definition) is 1. The van der Waals surface area contributed by atoms with E-state index in [1.807, 2.05) is 0 Å². The normalized spacial score (nSPS) is 14.1. The van der Waals surface area contributed by atoms with Gasteiger partial charge in [-0.25, -0.2) is 9.37 Å². The van der Waals surface area contributed by atoms with Crippen LogP contribution in [-0.2, 0) is 0 Å². The van der Waals surface area contributed by atoms with Crippen molar-refractivity contribution in [1.82, 2.24) is 9.97 Å². The fraction of sp³-hybridized carbons (Fsp3) is 0.200. The zero-order valence-electron chi connectivity index (χ0n) is 8.12. The molecule has 0 bridgehead atoms. The van der Waals surface area contributed by atoms with Crippen LogP contribution in [0.15, 0.2) is 17.2 Å². The molecule has 2 aromatic rings. The number of benzene rings is 1. The highest BCUT2D eigenvalue weighted by Gasteiger charge is 2.21. The molecule has 1 N–H and O–H groups in total. The second-order valence-electron chi connectivity index (χ2n) is 3.34. The SMILES string of the molecule is O=c1[nH]cnc2cc3c(c(F)c12)OCCO3. The molecule has 0 amide bonds. The molecular weight excluding hydrogens is 215 g/mol. The summed E-state index contributed by atoms with van der Waals surface area (Å²) < 4.78 is 24.3. The number of rotatable bonds is 0. The number of halogens is 1. The summed E-state index contributed by atoms with van der Waals surface area (Å²) in [5.74, 6) is -0.451. The number of H-pyrrole nitrogens is 1. The van der Waals surface area contributed by atoms with E-state index in [-0.39, 0.29) is 29.0 Å². The van der Waals surface area contributed by atoms with E-state index in [9.17, 15) is 9.18 Å². The highest BCUT2D eigenvalue weighted by molar-refractivity contribution is 5.82. The molecule has 1 aliphatic heterocycles. The summed E-state index contributed by atoms with van der Waals surface area (Å²) in [6.07, 6.45) is 1.22. The standard InChI is InChI=1S/C10H7FN2O3/c11-8-7-5(12-4-13-10(7)14)3-6-9(8)16-2-1-15-6/h3-4H,1-2H2,(H,12,13,14). The lowest BCUT2D eigenvalue weighted by molar-refractivity contribution is 0.165. The van der Waals surface area contributed by atoms with E-state index >= 15 is 0 Å². The molecule has 6 heteroatoms. The van der Waals surface area contributed by atoms with Crippen LogP contribution in [0.4, 0.5) is 4.39 Å². The molecular formula is C10H7FN2O3. The molecule has 0 saturated heterocycles. The Morgan fingerprint density at radius 3 is 3.06 bits per heavy atom. The molecule has 3 rings (SSSR count). The minimum atomic E-state index is -0.721. The molecule has 0 fully saturated rings. The zero-order chi connectivity index (χ0) is 11.1. The third kappa shape index (κ3) is 1.16. The van der Waals surface area contributed by atoms with Crippen molar-refractivity contribution < 1.29 is 13.9 Å². The summed E-state index contributed by atoms with van der Waals surface area (Å²) >= 11 is 0. The van der Waals surface area contributed by atoms with Crippen LogP contribution >= 0.6 is 0 Å². The first-order valence-electron chi connectivity index (χ1n) is 4.73. The maximum Gasteiger partial charge on any atom is 0.261 e. The van der Waals surface area contributed by atoms with Gasteiger partial charge in [-0.3, -0.25) is 4.79 Å². The van der Waals surface area contributed by atoms with Crippen molar-refractivity contribution in [3.63, 3.8) is 0 Å². The quantitative estimate of drug-likeness (QED) is 0.717. The maximum absolute atomic E-state index is 13.9. The van der Waals surface area contributed by atoms with E-state index in [4.69, 9.17) is 9.47 Å². The van der Waals surface area contributed by atoms with E-state index in [0.717, 1.165) is 0 Å². The van der Waals surface area contributed by atoms with Crippen LogP contribution < -0.4 is 15.0 Å². The largest absolute Gasteiger partial charge is 0.486 e. The van der Waals surface area contributed by atoms with Gasteiger partial charge in [0, 0.05) is 6.07 Å². The van der Waals surface area contributed by atoms with Gasteiger partial charge < -0.3 is 14.5 Å². The van der Waals surface area contributed by atoms with Gasteiger partial charge in [-0.1, -0.05) is 0 Å². The molecule has 16 heavy (non-hydrogen) atoms. The van der Waals surface area contributed by atoms with Crippen molar-refractivity contribution in [3.05, 3.63) is 28.6 Å². The first kappa shape index (κ1) is 9.14. The van der Waals surface area contributed by atoms with Crippen molar-refractivity contribution in [2.24, 2.45) is 0 Å². The third-order valence-electron chi connectivity index (χ3n) is 2.38. The predicted molar refractivity (Wildman–Crippen MR) is 53.3 cm³/mol. The number of fused-ring (bicyclic) bond motifs is 2. The monoisotopic (exact) mass is 222 g/mol. The van der Waals surface area contributed by atoms with Gasteiger partial charge in [-0.2, -0.15) is 0 Å². The summed E-state index contributed by atoms with van der Waals surface area (Å²) in [7, 11) is 0. The Labute approximate surface area is 88.8 Å². The summed E-state index contributed by atoms with van der Waals surface area (Å²) in [6.45, 7) is 0.634. The molecule has 0 atom stereocenters. The van der Waals surface area contributed by atoms with Crippen molar-refractivity contribution in [3.8, 4) is 11.5 Å². The Hall–Kier alpha value is -2.11. The minimum Gasteiger partial charge on any atom is -0.486 e. The summed E-state index contributed by atoms with van der Waals surface area (Å²) in [5.41, 5.74) is -0.273. The molecule has 1 aromatic heterocycles. The van der Waals surface area contributed by atoms with Gasteiger partial charge in [0.05, 0.1) is 11.8 Å². The molecule has 82 valence electrons. The van der Waals surface area contributed by atoms with Crippen LogP contribution in [0.2, 0.25) is 0 Å². The highest BCUT2D eigenvalue weighted by Crippen LogP contribution is 2.36. The zero-order valence-corrected chi connectivity index (χ0v) is 8.12. The average Bonchev–Trinajstić information content (AvgIpc) is 2.29. The Kier molecular flexibility index (Phi) is 1.82. The first-order chi connectivity index (χ1) is 7.77. The molecule has 1 aromatic carbocycles. The van der Waals surface area contributed by atoms with Gasteiger partial charge in [0.1, 0.15) is 18.6 Å². The molecule has 0 saturated carbocycles. The number of ether oxygens (including phenoxy) is 2. The minimum absolute atomic E-state index is 0.0164. The smallest absolute Gasteiger partial charge is 0.261 e. The lowest BCUT2D eigenvalue weighted by Crippen LogP contribution is -2.18. The van der Waals surface area contributed by atoms with Crippen LogP contribution in [0.1, 0.15) is 0 Å². The van der Waals surface area contributed by atoms with E-state index in [2.05, 4.69) is 9.97 Å². The van der Waals surface area contributed by atoms with Crippen LogP contribution in [0.3, 0.4) is 0 Å². The maximum atomic E-state index is 13.9. The molecule has 0 aliphatic carbocycles. The molecule has 0 radical (unpaired) electrons. The first-order valence-corrected chi connectivity index (χ1v) is 4.73. The molecule has 0 spiro atoms. The predicted octanol–water partition coefficient (Wildman–Crippen LogP) is 0.833. The summed E-state index contributed by atoms with van der Waals surface area (Å²) in [6, 6.07) is 1.50. The number of nitrogens with one attached hydrogen (secondary N) is 1. The van der Waals surface area contributed by atoms with Crippen LogP contribution in [0.25, 0.3) is 10.9 Å². The van der Waals surface area contributed by atoms with Gasteiger partial charge in [0.25, 0.3) is 5.56 Å². The third-order valence-corrected chi connectivity index (χ3v) is 2.38. The average molecular weight is 222 g/mol. The summed E-state index contributed by atoms with van der Waals surface area (Å²) in [5, 5.41) is -0.105. The number of hydrogen-bond acceptors (Lipinski definition) is 4. The van der Waals surface area contributed by atoms with Gasteiger partial charge in [0.15, 0.2) is 17.3 Å². The van der Waals surface area contributed by atoms with Gasteiger partial charge in [-0.15, -0.1) is 0 Å². The Bertz CT molecular complexity index is 623. The number of aromatic amines is 1. The fourth-order valence-electron chi connectivity index (χ4n) is 1.68. The second-order valence-corrected chi connectivity index (χ2v) is 3.34. The van der Waals surface area contributed by atoms with E-state index in [0.29, 0.717) is 6.61 Å². The summed E-state index contributed by atoms with van der Waals surface area (Å²) in [4.78, 5) is 17.7. The van der Waals surface area contributed by atoms with Crippen molar-refractivity contribution >= 4 is 10.9 Å². The van der Waals surface area contributed by atoms with E-state index in [1.165, 1.54) is 12.4 Å². The lowest BCUT2D eigenvalue weighted by Gasteiger charge is -2.19. The fourth-order valence-corrected chi connectivity index (χ4v) is 1.68. The van der Waals surface area contributed by atoms with Crippen molar-refractivity contribution in [2.45, 2.75) is 0 Å². The van der Waals surface area contributed by atoms with Crippen LogP contribution in [-0.4, -0.2) is 23.2 Å². The Morgan fingerprint density at radius 2 is 2.19 bits per heavy atom. The van der Waals surface area contributed by atoms with Gasteiger partial charge in [0.2, 0.25) is 0 Å². The Morgan fingerprint density at radius 1 is 1.38 bits per heavy atom. The second kappa shape index (κ2) is 3.19. The molecule has 2 heterocycles. The highest BCUT2D eigenvalue weighted by atomic mass is 19.1. The van der Waals surface area contributed by atoms with Gasteiger partial charge in [-0.05, 0) is 0 Å². The Balaban J connectivity index is 2.44. The molecule has 1 aliphatic rings. The molecule has 5 nitrogen and oxygen atoms in total. The number of nitrogens with zero attached hydrogens (tertiary/aromatic N) is 1. The topological polar surface area (TPSA) is 64.2 Å². The van der Waals surface area contributed by atoms with E-state index in [1.54, 1.807) is 0 Å². The number of aromatic nitrogens is 2. The van der Waals surface area contributed by atoms with Crippen molar-refractivity contribution in [1.29, 1.82) is 0 Å². The van der Waals surface area contributed by atoms with E-state index < -0.39 is 11.4 Å². The van der Waals surface area contributed by atoms with Crippen LogP contribution in [0, 0.1) is 5.82 Å². The lowest BCUT2D eigenvalue weighted by atomic mass is 10.2. The molecule has 0 unspecified atom stereocenters. The van der Waals surface area contributed by atoms with Crippen LogP contribution in [0.5, 0.6) is 11.5 Å². The van der Waals surface area contributed by atoms with Gasteiger partial charge >= 0.3 is 0 Å². The van der Waals surface area contributed by atoms with Crippen molar-refractivity contribution in [2.75, 3.05) is 13.2 Å².